The molecular formula is C18H30N2. The molecule has 1 unspecified atom stereocenters. The van der Waals surface area contributed by atoms with Crippen molar-refractivity contribution in [3.8, 4) is 0 Å². The Morgan fingerprint density at radius 2 is 2.00 bits per heavy atom. The summed E-state index contributed by atoms with van der Waals surface area (Å²) in [5.74, 6) is 0.830. The number of nitrogens with zero attached hydrogens (tertiary/aromatic N) is 1. The molecule has 0 spiro atoms. The Hall–Kier alpha value is -1.02. The van der Waals surface area contributed by atoms with Gasteiger partial charge in [-0.25, -0.2) is 0 Å². The predicted molar refractivity (Wildman–Crippen MR) is 88.5 cm³/mol. The van der Waals surface area contributed by atoms with E-state index in [0.29, 0.717) is 6.04 Å². The van der Waals surface area contributed by atoms with Crippen LogP contribution in [0, 0.1) is 5.92 Å². The summed E-state index contributed by atoms with van der Waals surface area (Å²) in [6, 6.07) is 7.50. The Labute approximate surface area is 124 Å². The first kappa shape index (κ1) is 15.4. The molecule has 0 fully saturated rings. The minimum Gasteiger partial charge on any atom is -0.371 e. The van der Waals surface area contributed by atoms with Crippen LogP contribution in [0.1, 0.15) is 57.2 Å². The molecule has 1 heterocycles. The van der Waals surface area contributed by atoms with Crippen LogP contribution in [-0.4, -0.2) is 20.1 Å². The van der Waals surface area contributed by atoms with E-state index >= 15 is 0 Å². The topological polar surface area (TPSA) is 15.3 Å². The highest BCUT2D eigenvalue weighted by molar-refractivity contribution is 5.57. The number of anilines is 1. The largest absolute Gasteiger partial charge is 0.371 e. The van der Waals surface area contributed by atoms with Gasteiger partial charge in [-0.1, -0.05) is 38.8 Å². The number of nitrogens with one attached hydrogen (secondary N) is 1. The molecule has 1 atom stereocenters. The van der Waals surface area contributed by atoms with Crippen LogP contribution in [0.3, 0.4) is 0 Å². The molecule has 0 saturated heterocycles. The van der Waals surface area contributed by atoms with Crippen molar-refractivity contribution in [3.05, 3.63) is 29.3 Å². The van der Waals surface area contributed by atoms with E-state index in [1.54, 1.807) is 5.56 Å². The number of fused-ring (bicyclic) bond motifs is 1. The van der Waals surface area contributed by atoms with Gasteiger partial charge in [0.25, 0.3) is 0 Å². The fourth-order valence-electron chi connectivity index (χ4n) is 3.18. The van der Waals surface area contributed by atoms with Crippen LogP contribution in [0.5, 0.6) is 0 Å². The van der Waals surface area contributed by atoms with Crippen molar-refractivity contribution in [1.29, 1.82) is 0 Å². The fourth-order valence-corrected chi connectivity index (χ4v) is 3.18. The van der Waals surface area contributed by atoms with E-state index in [4.69, 9.17) is 0 Å². The molecule has 2 heteroatoms. The van der Waals surface area contributed by atoms with Crippen molar-refractivity contribution in [2.45, 2.75) is 52.5 Å². The van der Waals surface area contributed by atoms with E-state index < -0.39 is 0 Å². The molecule has 20 heavy (non-hydrogen) atoms. The quantitative estimate of drug-likeness (QED) is 0.838. The third-order valence-corrected chi connectivity index (χ3v) is 4.88. The first-order valence-corrected chi connectivity index (χ1v) is 8.24. The number of rotatable bonds is 6. The van der Waals surface area contributed by atoms with Crippen molar-refractivity contribution in [2.24, 2.45) is 5.92 Å². The molecule has 0 aliphatic carbocycles. The molecule has 0 aromatic heterocycles. The molecule has 2 rings (SSSR count). The van der Waals surface area contributed by atoms with Crippen molar-refractivity contribution >= 4 is 5.69 Å². The van der Waals surface area contributed by atoms with Gasteiger partial charge in [0.15, 0.2) is 0 Å². The molecule has 1 aliphatic rings. The maximum Gasteiger partial charge on any atom is 0.0399 e. The minimum atomic E-state index is 0.440. The number of hydrogen-bond acceptors (Lipinski definition) is 2. The van der Waals surface area contributed by atoms with Crippen LogP contribution in [0.4, 0.5) is 5.69 Å². The van der Waals surface area contributed by atoms with E-state index in [-0.39, 0.29) is 0 Å². The number of benzene rings is 1. The Morgan fingerprint density at radius 1 is 1.25 bits per heavy atom. The summed E-state index contributed by atoms with van der Waals surface area (Å²) in [5.41, 5.74) is 4.44. The molecule has 1 aromatic rings. The summed E-state index contributed by atoms with van der Waals surface area (Å²) in [5, 5.41) is 3.34. The van der Waals surface area contributed by atoms with Crippen LogP contribution in [0.25, 0.3) is 0 Å². The molecule has 112 valence electrons. The summed E-state index contributed by atoms with van der Waals surface area (Å²) in [6.45, 7) is 9.31. The van der Waals surface area contributed by atoms with E-state index in [0.717, 1.165) is 5.92 Å². The highest BCUT2D eigenvalue weighted by Crippen LogP contribution is 2.30. The summed E-state index contributed by atoms with van der Waals surface area (Å²) in [7, 11) is 2.03. The standard InChI is InChI=1S/C18H30N2/c1-5-15(6-2)13-20-11-7-8-17-12-16(14(3)19-4)9-10-18(17)20/h9-10,12,14-15,19H,5-8,11,13H2,1-4H3. The summed E-state index contributed by atoms with van der Waals surface area (Å²) in [6.07, 6.45) is 5.11. The van der Waals surface area contributed by atoms with Gasteiger partial charge in [-0.3, -0.25) is 0 Å². The zero-order chi connectivity index (χ0) is 14.5. The van der Waals surface area contributed by atoms with Crippen LogP contribution in [0.2, 0.25) is 0 Å². The summed E-state index contributed by atoms with van der Waals surface area (Å²) >= 11 is 0. The second-order valence-electron chi connectivity index (χ2n) is 6.13. The lowest BCUT2D eigenvalue weighted by molar-refractivity contribution is 0.475. The van der Waals surface area contributed by atoms with Crippen molar-refractivity contribution in [3.63, 3.8) is 0 Å². The van der Waals surface area contributed by atoms with Gasteiger partial charge in [0.2, 0.25) is 0 Å². The van der Waals surface area contributed by atoms with Gasteiger partial charge in [-0.2, -0.15) is 0 Å². The smallest absolute Gasteiger partial charge is 0.0399 e. The zero-order valence-corrected chi connectivity index (χ0v) is 13.6. The lowest BCUT2D eigenvalue weighted by Crippen LogP contribution is -2.34. The monoisotopic (exact) mass is 274 g/mol. The lowest BCUT2D eigenvalue weighted by atomic mass is 9.95. The molecule has 1 aliphatic heterocycles. The first-order chi connectivity index (χ1) is 9.69. The lowest BCUT2D eigenvalue weighted by Gasteiger charge is -2.34. The van der Waals surface area contributed by atoms with Crippen molar-refractivity contribution < 1.29 is 0 Å². The number of hydrogen-bond donors (Lipinski definition) is 1. The average Bonchev–Trinajstić information content (AvgIpc) is 2.51. The average molecular weight is 274 g/mol. The third-order valence-electron chi connectivity index (χ3n) is 4.88. The minimum absolute atomic E-state index is 0.440. The fraction of sp³-hybridized carbons (Fsp3) is 0.667. The maximum atomic E-state index is 3.34. The van der Waals surface area contributed by atoms with Gasteiger partial charge in [-0.05, 0) is 49.9 Å². The van der Waals surface area contributed by atoms with Gasteiger partial charge >= 0.3 is 0 Å². The van der Waals surface area contributed by atoms with Gasteiger partial charge in [0.1, 0.15) is 0 Å². The maximum absolute atomic E-state index is 3.34. The molecule has 1 aromatic carbocycles. The predicted octanol–water partition coefficient (Wildman–Crippen LogP) is 4.16. The van der Waals surface area contributed by atoms with Gasteiger partial charge < -0.3 is 10.2 Å². The van der Waals surface area contributed by atoms with Gasteiger partial charge in [0, 0.05) is 24.8 Å². The van der Waals surface area contributed by atoms with Gasteiger partial charge in [0.05, 0.1) is 0 Å². The van der Waals surface area contributed by atoms with Crippen LogP contribution in [0.15, 0.2) is 18.2 Å². The molecule has 0 amide bonds. The van der Waals surface area contributed by atoms with E-state index in [2.05, 4.69) is 49.2 Å². The van der Waals surface area contributed by atoms with Crippen LogP contribution < -0.4 is 10.2 Å². The Kier molecular flexibility index (Phi) is 5.47. The molecule has 0 bridgehead atoms. The second-order valence-corrected chi connectivity index (χ2v) is 6.13. The van der Waals surface area contributed by atoms with Crippen molar-refractivity contribution in [1.82, 2.24) is 5.32 Å². The van der Waals surface area contributed by atoms with Crippen molar-refractivity contribution in [2.75, 3.05) is 25.0 Å². The normalized spacial score (nSPS) is 16.4. The number of aryl methyl sites for hydroxylation is 1. The Balaban J connectivity index is 2.19. The molecule has 2 nitrogen and oxygen atoms in total. The Morgan fingerprint density at radius 3 is 2.65 bits per heavy atom. The van der Waals surface area contributed by atoms with Crippen LogP contribution >= 0.6 is 0 Å². The first-order valence-electron chi connectivity index (χ1n) is 8.24. The highest BCUT2D eigenvalue weighted by Gasteiger charge is 2.20. The molecule has 1 N–H and O–H groups in total. The molecular weight excluding hydrogens is 244 g/mol. The Bertz CT molecular complexity index is 423. The van der Waals surface area contributed by atoms with E-state index in [1.807, 2.05) is 7.05 Å². The SMILES string of the molecule is CCC(CC)CN1CCCc2cc(C(C)NC)ccc21. The zero-order valence-electron chi connectivity index (χ0n) is 13.6. The molecule has 0 saturated carbocycles. The van der Waals surface area contributed by atoms with E-state index in [9.17, 15) is 0 Å². The van der Waals surface area contributed by atoms with E-state index in [1.165, 1.54) is 50.0 Å². The van der Waals surface area contributed by atoms with Crippen LogP contribution in [-0.2, 0) is 6.42 Å². The highest BCUT2D eigenvalue weighted by atomic mass is 15.1. The second kappa shape index (κ2) is 7.12. The molecule has 0 radical (unpaired) electrons. The summed E-state index contributed by atoms with van der Waals surface area (Å²) < 4.78 is 0. The van der Waals surface area contributed by atoms with Gasteiger partial charge in [-0.15, -0.1) is 0 Å². The third kappa shape index (κ3) is 3.35. The summed E-state index contributed by atoms with van der Waals surface area (Å²) in [4.78, 5) is 2.62.